The van der Waals surface area contributed by atoms with Crippen molar-refractivity contribution in [3.05, 3.63) is 46.8 Å². The summed E-state index contributed by atoms with van der Waals surface area (Å²) in [5, 5.41) is 0. The van der Waals surface area contributed by atoms with Crippen molar-refractivity contribution >= 4 is 11.3 Å². The SMILES string of the molecule is CC(N)c1ccc(-c2ccc(F)cc2F)s1. The lowest BCUT2D eigenvalue weighted by molar-refractivity contribution is 0.586. The quantitative estimate of drug-likeness (QED) is 0.849. The lowest BCUT2D eigenvalue weighted by atomic mass is 10.1. The fourth-order valence-corrected chi connectivity index (χ4v) is 2.42. The average molecular weight is 239 g/mol. The molecule has 84 valence electrons. The Morgan fingerprint density at radius 1 is 1.19 bits per heavy atom. The lowest BCUT2D eigenvalue weighted by Crippen LogP contribution is -2.01. The van der Waals surface area contributed by atoms with Crippen LogP contribution in [0.5, 0.6) is 0 Å². The molecule has 0 bridgehead atoms. The number of hydrogen-bond acceptors (Lipinski definition) is 2. The van der Waals surface area contributed by atoms with Crippen molar-refractivity contribution < 1.29 is 8.78 Å². The molecule has 0 spiro atoms. The zero-order chi connectivity index (χ0) is 11.7. The van der Waals surface area contributed by atoms with Gasteiger partial charge < -0.3 is 5.73 Å². The van der Waals surface area contributed by atoms with Crippen LogP contribution in [0.2, 0.25) is 0 Å². The molecule has 4 heteroatoms. The van der Waals surface area contributed by atoms with E-state index >= 15 is 0 Å². The van der Waals surface area contributed by atoms with Gasteiger partial charge in [0.25, 0.3) is 0 Å². The molecule has 0 aliphatic heterocycles. The third-order valence-corrected chi connectivity index (χ3v) is 3.59. The van der Waals surface area contributed by atoms with Crippen LogP contribution in [0.4, 0.5) is 8.78 Å². The molecule has 1 unspecified atom stereocenters. The van der Waals surface area contributed by atoms with E-state index in [0.29, 0.717) is 5.56 Å². The van der Waals surface area contributed by atoms with Gasteiger partial charge in [-0.3, -0.25) is 0 Å². The summed E-state index contributed by atoms with van der Waals surface area (Å²) in [4.78, 5) is 1.75. The summed E-state index contributed by atoms with van der Waals surface area (Å²) >= 11 is 1.43. The number of hydrogen-bond donors (Lipinski definition) is 1. The Labute approximate surface area is 96.5 Å². The zero-order valence-electron chi connectivity index (χ0n) is 8.71. The summed E-state index contributed by atoms with van der Waals surface area (Å²) in [7, 11) is 0. The van der Waals surface area contributed by atoms with Crippen LogP contribution in [-0.2, 0) is 0 Å². The van der Waals surface area contributed by atoms with Crippen LogP contribution >= 0.6 is 11.3 Å². The van der Waals surface area contributed by atoms with E-state index in [1.165, 1.54) is 23.5 Å². The molecule has 0 amide bonds. The minimum atomic E-state index is -0.565. The van der Waals surface area contributed by atoms with Crippen LogP contribution in [-0.4, -0.2) is 0 Å². The highest BCUT2D eigenvalue weighted by Gasteiger charge is 2.10. The van der Waals surface area contributed by atoms with E-state index in [0.717, 1.165) is 15.8 Å². The van der Waals surface area contributed by atoms with Gasteiger partial charge in [0, 0.05) is 27.4 Å². The summed E-state index contributed by atoms with van der Waals surface area (Å²) in [6.45, 7) is 1.87. The molecule has 0 aliphatic carbocycles. The summed E-state index contributed by atoms with van der Waals surface area (Å²) in [6.07, 6.45) is 0. The molecule has 0 saturated carbocycles. The number of thiophene rings is 1. The lowest BCUT2D eigenvalue weighted by Gasteiger charge is -2.01. The highest BCUT2D eigenvalue weighted by molar-refractivity contribution is 7.15. The minimum Gasteiger partial charge on any atom is -0.324 e. The predicted octanol–water partition coefficient (Wildman–Crippen LogP) is 3.71. The van der Waals surface area contributed by atoms with Crippen molar-refractivity contribution in [1.29, 1.82) is 0 Å². The summed E-state index contributed by atoms with van der Waals surface area (Å²) < 4.78 is 26.2. The molecule has 2 aromatic rings. The third kappa shape index (κ3) is 2.13. The van der Waals surface area contributed by atoms with Crippen LogP contribution in [0, 0.1) is 11.6 Å². The average Bonchev–Trinajstić information content (AvgIpc) is 2.66. The van der Waals surface area contributed by atoms with Crippen molar-refractivity contribution in [2.75, 3.05) is 0 Å². The fraction of sp³-hybridized carbons (Fsp3) is 0.167. The topological polar surface area (TPSA) is 26.0 Å². The van der Waals surface area contributed by atoms with Gasteiger partial charge >= 0.3 is 0 Å². The van der Waals surface area contributed by atoms with Gasteiger partial charge in [0.2, 0.25) is 0 Å². The highest BCUT2D eigenvalue weighted by atomic mass is 32.1. The van der Waals surface area contributed by atoms with Gasteiger partial charge in [-0.25, -0.2) is 8.78 Å². The van der Waals surface area contributed by atoms with Crippen LogP contribution in [0.25, 0.3) is 10.4 Å². The Bertz CT molecular complexity index is 505. The second-order valence-corrected chi connectivity index (χ2v) is 4.73. The second-order valence-electron chi connectivity index (χ2n) is 3.61. The van der Waals surface area contributed by atoms with E-state index in [-0.39, 0.29) is 6.04 Å². The number of benzene rings is 1. The molecular weight excluding hydrogens is 228 g/mol. The molecule has 1 atom stereocenters. The van der Waals surface area contributed by atoms with Crippen molar-refractivity contribution in [1.82, 2.24) is 0 Å². The van der Waals surface area contributed by atoms with Crippen molar-refractivity contribution in [2.45, 2.75) is 13.0 Å². The second kappa shape index (κ2) is 4.31. The monoisotopic (exact) mass is 239 g/mol. The van der Waals surface area contributed by atoms with Crippen LogP contribution in [0.15, 0.2) is 30.3 Å². The van der Waals surface area contributed by atoms with Crippen molar-refractivity contribution in [3.8, 4) is 10.4 Å². The molecule has 0 saturated heterocycles. The first-order valence-electron chi connectivity index (χ1n) is 4.88. The standard InChI is InChI=1S/C12H11F2NS/c1-7(15)11-4-5-12(16-11)9-3-2-8(13)6-10(9)14/h2-7H,15H2,1H3. The van der Waals surface area contributed by atoms with Crippen LogP contribution < -0.4 is 5.73 Å². The normalized spacial score (nSPS) is 12.8. The number of halogens is 2. The Balaban J connectivity index is 2.42. The maximum absolute atomic E-state index is 13.5. The largest absolute Gasteiger partial charge is 0.324 e. The van der Waals surface area contributed by atoms with E-state index in [4.69, 9.17) is 5.73 Å². The first-order chi connectivity index (χ1) is 7.58. The molecule has 0 aliphatic rings. The van der Waals surface area contributed by atoms with E-state index in [9.17, 15) is 8.78 Å². The van der Waals surface area contributed by atoms with Crippen LogP contribution in [0.3, 0.4) is 0 Å². The predicted molar refractivity (Wildman–Crippen MR) is 62.3 cm³/mol. The van der Waals surface area contributed by atoms with E-state index in [1.807, 2.05) is 13.0 Å². The van der Waals surface area contributed by atoms with Gasteiger partial charge in [-0.15, -0.1) is 11.3 Å². The molecule has 16 heavy (non-hydrogen) atoms. The maximum Gasteiger partial charge on any atom is 0.134 e. The summed E-state index contributed by atoms with van der Waals surface area (Å²) in [5.41, 5.74) is 6.14. The van der Waals surface area contributed by atoms with E-state index in [2.05, 4.69) is 0 Å². The molecule has 1 aromatic heterocycles. The summed E-state index contributed by atoms with van der Waals surface area (Å²) in [6, 6.07) is 7.20. The molecule has 2 N–H and O–H groups in total. The molecule has 1 aromatic carbocycles. The highest BCUT2D eigenvalue weighted by Crippen LogP contribution is 2.32. The Kier molecular flexibility index (Phi) is 3.03. The van der Waals surface area contributed by atoms with Crippen molar-refractivity contribution in [3.63, 3.8) is 0 Å². The molecule has 1 heterocycles. The summed E-state index contributed by atoms with van der Waals surface area (Å²) in [5.74, 6) is -1.11. The van der Waals surface area contributed by atoms with Crippen LogP contribution in [0.1, 0.15) is 17.8 Å². The van der Waals surface area contributed by atoms with E-state index < -0.39 is 11.6 Å². The van der Waals surface area contributed by atoms with Crippen molar-refractivity contribution in [2.24, 2.45) is 5.73 Å². The Morgan fingerprint density at radius 2 is 1.94 bits per heavy atom. The molecule has 2 rings (SSSR count). The van der Waals surface area contributed by atoms with Gasteiger partial charge in [0.05, 0.1) is 0 Å². The number of nitrogens with two attached hydrogens (primary N) is 1. The molecular formula is C12H11F2NS. The van der Waals surface area contributed by atoms with Gasteiger partial charge in [0.1, 0.15) is 11.6 Å². The van der Waals surface area contributed by atoms with Gasteiger partial charge in [-0.2, -0.15) is 0 Å². The molecule has 0 radical (unpaired) electrons. The Hall–Kier alpha value is -1.26. The smallest absolute Gasteiger partial charge is 0.134 e. The number of rotatable bonds is 2. The van der Waals surface area contributed by atoms with Gasteiger partial charge in [0.15, 0.2) is 0 Å². The minimum absolute atomic E-state index is 0.0674. The van der Waals surface area contributed by atoms with E-state index in [1.54, 1.807) is 6.07 Å². The van der Waals surface area contributed by atoms with Gasteiger partial charge in [-0.1, -0.05) is 0 Å². The zero-order valence-corrected chi connectivity index (χ0v) is 9.52. The third-order valence-electron chi connectivity index (χ3n) is 2.27. The fourth-order valence-electron chi connectivity index (χ4n) is 1.43. The first kappa shape index (κ1) is 11.2. The molecule has 0 fully saturated rings. The van der Waals surface area contributed by atoms with Gasteiger partial charge in [-0.05, 0) is 31.2 Å². The first-order valence-corrected chi connectivity index (χ1v) is 5.70. The Morgan fingerprint density at radius 3 is 2.50 bits per heavy atom. The molecule has 1 nitrogen and oxygen atoms in total. The maximum atomic E-state index is 13.5.